The Hall–Kier alpha value is -1.88. The Morgan fingerprint density at radius 3 is 3.05 bits per heavy atom. The minimum absolute atomic E-state index is 0.00695. The van der Waals surface area contributed by atoms with Crippen molar-refractivity contribution in [3.8, 4) is 0 Å². The van der Waals surface area contributed by atoms with Gasteiger partial charge in [-0.1, -0.05) is 11.6 Å². The zero-order chi connectivity index (χ0) is 13.4. The highest BCUT2D eigenvalue weighted by molar-refractivity contribution is 6.31. The Kier molecular flexibility index (Phi) is 2.98. The monoisotopic (exact) mass is 279 g/mol. The van der Waals surface area contributed by atoms with Crippen molar-refractivity contribution in [1.82, 2.24) is 14.5 Å². The van der Waals surface area contributed by atoms with Crippen LogP contribution in [0.4, 0.5) is 4.39 Å². The van der Waals surface area contributed by atoms with Crippen LogP contribution in [0.15, 0.2) is 30.6 Å². The Bertz CT molecular complexity index is 641. The molecule has 0 radical (unpaired) electrons. The van der Waals surface area contributed by atoms with Crippen LogP contribution in [0.2, 0.25) is 5.02 Å². The molecule has 6 heteroatoms. The normalized spacial score (nSPS) is 14.3. The fourth-order valence-electron chi connectivity index (χ4n) is 2.18. The van der Waals surface area contributed by atoms with E-state index in [1.807, 2.05) is 10.8 Å². The van der Waals surface area contributed by atoms with Gasteiger partial charge in [0.2, 0.25) is 0 Å². The second-order valence-electron chi connectivity index (χ2n) is 4.39. The number of amides is 1. The lowest BCUT2D eigenvalue weighted by Crippen LogP contribution is -2.38. The maximum Gasteiger partial charge on any atom is 0.257 e. The first kappa shape index (κ1) is 12.2. The second kappa shape index (κ2) is 4.66. The molecule has 0 atom stereocenters. The fraction of sp³-hybridized carbons (Fsp3) is 0.231. The van der Waals surface area contributed by atoms with E-state index >= 15 is 0 Å². The topological polar surface area (TPSA) is 38.1 Å². The van der Waals surface area contributed by atoms with Crippen molar-refractivity contribution in [3.05, 3.63) is 52.8 Å². The molecule has 0 N–H and O–H groups in total. The third kappa shape index (κ3) is 2.21. The van der Waals surface area contributed by atoms with Gasteiger partial charge in [-0.25, -0.2) is 9.37 Å². The lowest BCUT2D eigenvalue weighted by Gasteiger charge is -2.27. The third-order valence-corrected chi connectivity index (χ3v) is 3.43. The van der Waals surface area contributed by atoms with Gasteiger partial charge in [0.05, 0.1) is 12.1 Å². The molecule has 3 rings (SSSR count). The Balaban J connectivity index is 1.87. The molecule has 0 saturated carbocycles. The highest BCUT2D eigenvalue weighted by atomic mass is 35.5. The smallest absolute Gasteiger partial charge is 0.257 e. The molecule has 0 unspecified atom stereocenters. The van der Waals surface area contributed by atoms with Crippen LogP contribution in [0.3, 0.4) is 0 Å². The molecule has 1 aliphatic heterocycles. The van der Waals surface area contributed by atoms with E-state index in [2.05, 4.69) is 4.98 Å². The summed E-state index contributed by atoms with van der Waals surface area (Å²) in [6, 6.07) is 4.00. The van der Waals surface area contributed by atoms with Gasteiger partial charge in [-0.15, -0.1) is 0 Å². The maximum atomic E-state index is 13.7. The van der Waals surface area contributed by atoms with Gasteiger partial charge in [0.1, 0.15) is 11.6 Å². The van der Waals surface area contributed by atoms with Crippen molar-refractivity contribution in [1.29, 1.82) is 0 Å². The number of rotatable bonds is 1. The van der Waals surface area contributed by atoms with Gasteiger partial charge in [-0.2, -0.15) is 0 Å². The number of imidazole rings is 1. The Labute approximate surface area is 114 Å². The van der Waals surface area contributed by atoms with Crippen LogP contribution in [0.25, 0.3) is 0 Å². The van der Waals surface area contributed by atoms with Crippen molar-refractivity contribution in [3.63, 3.8) is 0 Å². The fourth-order valence-corrected chi connectivity index (χ4v) is 2.35. The van der Waals surface area contributed by atoms with Crippen molar-refractivity contribution >= 4 is 17.5 Å². The maximum absolute atomic E-state index is 13.7. The lowest BCUT2D eigenvalue weighted by molar-refractivity contribution is 0.0702. The highest BCUT2D eigenvalue weighted by Gasteiger charge is 2.24. The number of hydrogen-bond donors (Lipinski definition) is 0. The summed E-state index contributed by atoms with van der Waals surface area (Å²) in [5.41, 5.74) is 0.00695. The predicted molar refractivity (Wildman–Crippen MR) is 68.4 cm³/mol. The summed E-state index contributed by atoms with van der Waals surface area (Å²) in [5, 5.41) is 0.350. The van der Waals surface area contributed by atoms with Crippen LogP contribution in [0, 0.1) is 5.82 Å². The van der Waals surface area contributed by atoms with E-state index in [4.69, 9.17) is 11.6 Å². The van der Waals surface area contributed by atoms with E-state index in [9.17, 15) is 9.18 Å². The van der Waals surface area contributed by atoms with Crippen molar-refractivity contribution in [2.75, 3.05) is 6.54 Å². The summed E-state index contributed by atoms with van der Waals surface area (Å²) in [6.07, 6.45) is 3.57. The van der Waals surface area contributed by atoms with Gasteiger partial charge in [-0.3, -0.25) is 4.79 Å². The molecule has 19 heavy (non-hydrogen) atoms. The SMILES string of the molecule is O=C(c1cc(Cl)ccc1F)N1CCn2ccnc2C1. The van der Waals surface area contributed by atoms with Crippen molar-refractivity contribution < 1.29 is 9.18 Å². The van der Waals surface area contributed by atoms with E-state index in [1.54, 1.807) is 11.1 Å². The first-order valence-corrected chi connectivity index (χ1v) is 6.27. The van der Waals surface area contributed by atoms with Gasteiger partial charge in [0, 0.05) is 30.5 Å². The predicted octanol–water partition coefficient (Wildman–Crippen LogP) is 2.33. The van der Waals surface area contributed by atoms with E-state index in [0.717, 1.165) is 5.82 Å². The molecule has 0 bridgehead atoms. The van der Waals surface area contributed by atoms with Crippen molar-refractivity contribution in [2.45, 2.75) is 13.1 Å². The van der Waals surface area contributed by atoms with Gasteiger partial charge >= 0.3 is 0 Å². The first-order chi connectivity index (χ1) is 9.15. The Morgan fingerprint density at radius 2 is 2.21 bits per heavy atom. The number of halogens is 2. The van der Waals surface area contributed by atoms with Crippen LogP contribution in [0.5, 0.6) is 0 Å². The summed E-state index contributed by atoms with van der Waals surface area (Å²) in [6.45, 7) is 1.59. The molecule has 2 aromatic rings. The molecule has 1 aromatic carbocycles. The van der Waals surface area contributed by atoms with Gasteiger partial charge in [0.25, 0.3) is 5.91 Å². The summed E-state index contributed by atoms with van der Waals surface area (Å²) >= 11 is 5.81. The molecular formula is C13H11ClFN3O. The molecule has 2 heterocycles. The first-order valence-electron chi connectivity index (χ1n) is 5.89. The molecule has 1 aromatic heterocycles. The second-order valence-corrected chi connectivity index (χ2v) is 4.82. The largest absolute Gasteiger partial charge is 0.332 e. The molecule has 98 valence electrons. The van der Waals surface area contributed by atoms with Gasteiger partial charge in [0.15, 0.2) is 0 Å². The van der Waals surface area contributed by atoms with E-state index in [0.29, 0.717) is 24.7 Å². The number of hydrogen-bond acceptors (Lipinski definition) is 2. The number of aromatic nitrogens is 2. The molecular weight excluding hydrogens is 269 g/mol. The highest BCUT2D eigenvalue weighted by Crippen LogP contribution is 2.19. The van der Waals surface area contributed by atoms with Crippen LogP contribution in [-0.2, 0) is 13.1 Å². The van der Waals surface area contributed by atoms with E-state index in [-0.39, 0.29) is 11.5 Å². The number of nitrogens with zero attached hydrogens (tertiary/aromatic N) is 3. The van der Waals surface area contributed by atoms with Crippen molar-refractivity contribution in [2.24, 2.45) is 0 Å². The standard InChI is InChI=1S/C13H11ClFN3O/c14-9-1-2-11(15)10(7-9)13(19)18-6-5-17-4-3-16-12(17)8-18/h1-4,7H,5-6,8H2. The zero-order valence-electron chi connectivity index (χ0n) is 10.0. The third-order valence-electron chi connectivity index (χ3n) is 3.19. The minimum atomic E-state index is -0.552. The van der Waals surface area contributed by atoms with Crippen LogP contribution in [-0.4, -0.2) is 26.9 Å². The summed E-state index contributed by atoms with van der Waals surface area (Å²) in [7, 11) is 0. The van der Waals surface area contributed by atoms with Crippen LogP contribution < -0.4 is 0 Å². The number of benzene rings is 1. The van der Waals surface area contributed by atoms with E-state index in [1.165, 1.54) is 18.2 Å². The molecule has 0 spiro atoms. The lowest BCUT2D eigenvalue weighted by atomic mass is 10.1. The molecule has 4 nitrogen and oxygen atoms in total. The van der Waals surface area contributed by atoms with Crippen LogP contribution in [0.1, 0.15) is 16.2 Å². The molecule has 1 amide bonds. The summed E-state index contributed by atoms with van der Waals surface area (Å²) in [4.78, 5) is 18.0. The number of carbonyl (C=O) groups is 1. The number of carbonyl (C=O) groups excluding carboxylic acids is 1. The Morgan fingerprint density at radius 1 is 1.37 bits per heavy atom. The average Bonchev–Trinajstić information content (AvgIpc) is 2.88. The minimum Gasteiger partial charge on any atom is -0.332 e. The number of fused-ring (bicyclic) bond motifs is 1. The zero-order valence-corrected chi connectivity index (χ0v) is 10.8. The molecule has 0 saturated heterocycles. The quantitative estimate of drug-likeness (QED) is 0.803. The summed E-state index contributed by atoms with van der Waals surface area (Å²) < 4.78 is 15.7. The van der Waals surface area contributed by atoms with Gasteiger partial charge in [-0.05, 0) is 18.2 Å². The average molecular weight is 280 g/mol. The molecule has 0 fully saturated rings. The van der Waals surface area contributed by atoms with Gasteiger partial charge < -0.3 is 9.47 Å². The van der Waals surface area contributed by atoms with E-state index < -0.39 is 5.82 Å². The molecule has 1 aliphatic rings. The van der Waals surface area contributed by atoms with Crippen LogP contribution >= 0.6 is 11.6 Å². The summed E-state index contributed by atoms with van der Waals surface area (Å²) in [5.74, 6) is -0.0976. The molecule has 0 aliphatic carbocycles.